The molecule has 1 N–H and O–H groups in total. The van der Waals surface area contributed by atoms with Gasteiger partial charge < -0.3 is 23.7 Å². The molecule has 4 rings (SSSR count). The maximum Gasteiger partial charge on any atom is 0.342 e. The highest BCUT2D eigenvalue weighted by atomic mass is 35.5. The molecule has 0 unspecified atom stereocenters. The Morgan fingerprint density at radius 3 is 2.43 bits per heavy atom. The molecule has 0 atom stereocenters. The van der Waals surface area contributed by atoms with E-state index in [9.17, 15) is 9.90 Å². The first-order chi connectivity index (χ1) is 17.9. The number of nitrogens with zero attached hydrogens (tertiary/aromatic N) is 2. The highest BCUT2D eigenvalue weighted by Crippen LogP contribution is 2.34. The maximum absolute atomic E-state index is 12.0. The first-order valence-corrected chi connectivity index (χ1v) is 12.3. The van der Waals surface area contributed by atoms with Crippen LogP contribution in [0.15, 0.2) is 75.2 Å². The third-order valence-corrected chi connectivity index (χ3v) is 6.46. The van der Waals surface area contributed by atoms with E-state index in [1.165, 1.54) is 20.3 Å². The van der Waals surface area contributed by atoms with Crippen LogP contribution in [0.1, 0.15) is 11.1 Å². The van der Waals surface area contributed by atoms with Gasteiger partial charge in [-0.15, -0.1) is 10.2 Å². The molecule has 4 aromatic rings. The van der Waals surface area contributed by atoms with Crippen LogP contribution < -0.4 is 14.2 Å². The minimum Gasteiger partial charge on any atom is -0.497 e. The summed E-state index contributed by atoms with van der Waals surface area (Å²) >= 11 is 13.0. The van der Waals surface area contributed by atoms with Crippen LogP contribution in [0.4, 0.5) is 0 Å². The highest BCUT2D eigenvalue weighted by Gasteiger charge is 2.18. The topological polar surface area (TPSA) is 104 Å². The molecule has 3 aromatic carbocycles. The van der Waals surface area contributed by atoms with Crippen molar-refractivity contribution in [3.63, 3.8) is 0 Å². The Labute approximate surface area is 226 Å². The molecule has 0 aliphatic carbocycles. The van der Waals surface area contributed by atoms with Crippen LogP contribution in [0, 0.1) is 0 Å². The van der Waals surface area contributed by atoms with Crippen LogP contribution in [0.5, 0.6) is 17.2 Å². The van der Waals surface area contributed by atoms with Gasteiger partial charge in [-0.2, -0.15) is 0 Å². The molecule has 0 aliphatic heterocycles. The predicted molar refractivity (Wildman–Crippen MR) is 142 cm³/mol. The summed E-state index contributed by atoms with van der Waals surface area (Å²) in [7, 11) is 3.06. The Bertz CT molecular complexity index is 1430. The van der Waals surface area contributed by atoms with Crippen molar-refractivity contribution >= 4 is 47.0 Å². The molecule has 0 bridgehead atoms. The first kappa shape index (κ1) is 26.4. The lowest BCUT2D eigenvalue weighted by Gasteiger charge is -2.11. The Balaban J connectivity index is 1.56. The number of benzene rings is 3. The van der Waals surface area contributed by atoms with Gasteiger partial charge in [-0.3, -0.25) is 0 Å². The van der Waals surface area contributed by atoms with Crippen LogP contribution in [0.2, 0.25) is 10.0 Å². The van der Waals surface area contributed by atoms with Gasteiger partial charge in [0.15, 0.2) is 0 Å². The van der Waals surface area contributed by atoms with Gasteiger partial charge >= 0.3 is 5.97 Å². The number of ether oxygens (including phenoxy) is 3. The van der Waals surface area contributed by atoms with Crippen molar-refractivity contribution in [1.29, 1.82) is 0 Å². The lowest BCUT2D eigenvalue weighted by Crippen LogP contribution is -2.00. The van der Waals surface area contributed by atoms with Gasteiger partial charge in [0.25, 0.3) is 5.22 Å². The summed E-state index contributed by atoms with van der Waals surface area (Å²) in [5, 5.41) is 18.9. The molecule has 8 nitrogen and oxygen atoms in total. The summed E-state index contributed by atoms with van der Waals surface area (Å²) in [6.45, 7) is 0.174. The summed E-state index contributed by atoms with van der Waals surface area (Å²) in [4.78, 5) is 12.0. The van der Waals surface area contributed by atoms with Crippen molar-refractivity contribution in [1.82, 2.24) is 10.2 Å². The molecule has 0 spiro atoms. The van der Waals surface area contributed by atoms with E-state index in [0.717, 1.165) is 17.3 Å². The van der Waals surface area contributed by atoms with Gasteiger partial charge in [-0.25, -0.2) is 4.79 Å². The van der Waals surface area contributed by atoms with E-state index >= 15 is 0 Å². The Morgan fingerprint density at radius 2 is 1.76 bits per heavy atom. The second-order valence-corrected chi connectivity index (χ2v) is 9.29. The normalized spacial score (nSPS) is 11.3. The number of aliphatic carboxylic acids is 1. The van der Waals surface area contributed by atoms with Gasteiger partial charge in [0.1, 0.15) is 28.8 Å². The van der Waals surface area contributed by atoms with Crippen LogP contribution in [0.25, 0.3) is 17.5 Å². The maximum atomic E-state index is 12.0. The standard InChI is InChI=1S/C26H20Cl2N2O6S/c1-33-19-9-17(10-20(13-19)34-2)24-29-30-26(36-24)37-23(25(31)32)11-15-5-3-4-6-22(15)35-14-16-7-8-18(27)12-21(16)28/h3-13H,14H2,1-2H3,(H,31,32)/b23-11-. The fraction of sp³-hybridized carbons (Fsp3) is 0.115. The largest absolute Gasteiger partial charge is 0.497 e. The second-order valence-electron chi connectivity index (χ2n) is 7.45. The van der Waals surface area contributed by atoms with Gasteiger partial charge in [0, 0.05) is 32.8 Å². The summed E-state index contributed by atoms with van der Waals surface area (Å²) in [5.74, 6) is 0.590. The molecule has 0 saturated heterocycles. The van der Waals surface area contributed by atoms with Crippen molar-refractivity contribution in [3.8, 4) is 28.7 Å². The van der Waals surface area contributed by atoms with Gasteiger partial charge in [0.05, 0.1) is 14.2 Å². The lowest BCUT2D eigenvalue weighted by molar-refractivity contribution is -0.131. The summed E-state index contributed by atoms with van der Waals surface area (Å²) < 4.78 is 22.2. The Hall–Kier alpha value is -3.66. The Kier molecular flexibility index (Phi) is 8.60. The average Bonchev–Trinajstić information content (AvgIpc) is 3.37. The van der Waals surface area contributed by atoms with E-state index in [4.69, 9.17) is 41.8 Å². The molecule has 0 fully saturated rings. The van der Waals surface area contributed by atoms with Crippen LogP contribution >= 0.6 is 35.0 Å². The van der Waals surface area contributed by atoms with Crippen molar-refractivity contribution in [2.75, 3.05) is 14.2 Å². The number of thioether (sulfide) groups is 1. The molecule has 190 valence electrons. The molecule has 0 radical (unpaired) electrons. The first-order valence-electron chi connectivity index (χ1n) is 10.7. The van der Waals surface area contributed by atoms with Crippen LogP contribution in [-0.4, -0.2) is 35.5 Å². The van der Waals surface area contributed by atoms with E-state index < -0.39 is 5.97 Å². The van der Waals surface area contributed by atoms with E-state index in [1.807, 2.05) is 0 Å². The van der Waals surface area contributed by atoms with Crippen molar-refractivity contribution in [2.45, 2.75) is 11.8 Å². The van der Waals surface area contributed by atoms with Crippen LogP contribution in [0.3, 0.4) is 0 Å². The molecule has 1 heterocycles. The van der Waals surface area contributed by atoms with Gasteiger partial charge in [-0.05, 0) is 48.2 Å². The average molecular weight is 559 g/mol. The number of aromatic nitrogens is 2. The predicted octanol–water partition coefficient (Wildman–Crippen LogP) is 6.86. The molecule has 37 heavy (non-hydrogen) atoms. The molecular weight excluding hydrogens is 539 g/mol. The minimum absolute atomic E-state index is 0.0426. The smallest absolute Gasteiger partial charge is 0.342 e. The summed E-state index contributed by atoms with van der Waals surface area (Å²) in [6, 6.07) is 17.3. The van der Waals surface area contributed by atoms with E-state index in [1.54, 1.807) is 60.7 Å². The van der Waals surface area contributed by atoms with Crippen LogP contribution in [-0.2, 0) is 11.4 Å². The summed E-state index contributed by atoms with van der Waals surface area (Å²) in [5.41, 5.74) is 1.86. The lowest BCUT2D eigenvalue weighted by atomic mass is 10.2. The van der Waals surface area contributed by atoms with Crippen molar-refractivity contribution < 1.29 is 28.5 Å². The van der Waals surface area contributed by atoms with Crippen molar-refractivity contribution in [3.05, 3.63) is 86.7 Å². The number of rotatable bonds is 10. The van der Waals surface area contributed by atoms with Gasteiger partial charge in [-0.1, -0.05) is 47.5 Å². The minimum atomic E-state index is -1.16. The number of carboxylic acid groups (broad SMARTS) is 1. The van der Waals surface area contributed by atoms with E-state index in [-0.39, 0.29) is 22.6 Å². The monoisotopic (exact) mass is 558 g/mol. The third-order valence-electron chi connectivity index (χ3n) is 5.02. The quantitative estimate of drug-likeness (QED) is 0.165. The molecule has 0 saturated carbocycles. The number of hydrogen-bond donors (Lipinski definition) is 1. The zero-order valence-electron chi connectivity index (χ0n) is 19.6. The third kappa shape index (κ3) is 6.76. The van der Waals surface area contributed by atoms with E-state index in [0.29, 0.717) is 38.4 Å². The summed E-state index contributed by atoms with van der Waals surface area (Å²) in [6.07, 6.45) is 1.48. The number of para-hydroxylation sites is 1. The number of hydrogen-bond acceptors (Lipinski definition) is 8. The van der Waals surface area contributed by atoms with E-state index in [2.05, 4.69) is 10.2 Å². The zero-order valence-corrected chi connectivity index (χ0v) is 21.9. The highest BCUT2D eigenvalue weighted by molar-refractivity contribution is 8.03. The van der Waals surface area contributed by atoms with Gasteiger partial charge in [0.2, 0.25) is 5.89 Å². The fourth-order valence-electron chi connectivity index (χ4n) is 3.19. The van der Waals surface area contributed by atoms with Crippen molar-refractivity contribution in [2.24, 2.45) is 0 Å². The fourth-order valence-corrected chi connectivity index (χ4v) is 4.32. The number of carboxylic acids is 1. The molecule has 0 amide bonds. The molecule has 1 aromatic heterocycles. The second kappa shape index (κ2) is 12.1. The molecule has 11 heteroatoms. The number of carbonyl (C=O) groups is 1. The SMILES string of the molecule is COc1cc(OC)cc(-c2nnc(S/C(=C\c3ccccc3OCc3ccc(Cl)cc3Cl)C(=O)O)o2)c1. The zero-order chi connectivity index (χ0) is 26.4. The Morgan fingerprint density at radius 1 is 1.03 bits per heavy atom. The molecular formula is C26H20Cl2N2O6S. The number of halogens is 2. The molecule has 0 aliphatic rings. The number of methoxy groups -OCH3 is 2.